The molecule has 0 aromatic carbocycles. The van der Waals surface area contributed by atoms with Gasteiger partial charge in [-0.15, -0.1) is 0 Å². The number of nitrogens with zero attached hydrogens (tertiary/aromatic N) is 2. The van der Waals surface area contributed by atoms with Crippen molar-refractivity contribution in [3.05, 3.63) is 0 Å². The van der Waals surface area contributed by atoms with Crippen molar-refractivity contribution in [3.8, 4) is 0 Å². The summed E-state index contributed by atoms with van der Waals surface area (Å²) < 4.78 is 11.2. The Morgan fingerprint density at radius 1 is 1.19 bits per heavy atom. The standard InChI is InChI=1S/C21H42N4O2/c1-17-13-25(14-18(2)27-17)20(3,4)15-23-19(22-5)24-16-21(11-12-26-6)9-7-8-10-21/h17-18H,7-16H2,1-6H3,(H2,22,23,24). The number of hydrogen-bond donors (Lipinski definition) is 2. The van der Waals surface area contributed by atoms with Crippen molar-refractivity contribution in [1.82, 2.24) is 15.5 Å². The summed E-state index contributed by atoms with van der Waals surface area (Å²) in [4.78, 5) is 6.99. The van der Waals surface area contributed by atoms with Crippen LogP contribution in [0.3, 0.4) is 0 Å². The van der Waals surface area contributed by atoms with Crippen LogP contribution in [0.15, 0.2) is 4.99 Å². The van der Waals surface area contributed by atoms with E-state index in [9.17, 15) is 0 Å². The van der Waals surface area contributed by atoms with Crippen molar-refractivity contribution in [3.63, 3.8) is 0 Å². The van der Waals surface area contributed by atoms with E-state index in [0.29, 0.717) is 5.41 Å². The first-order valence-corrected chi connectivity index (χ1v) is 10.6. The smallest absolute Gasteiger partial charge is 0.191 e. The fraction of sp³-hybridized carbons (Fsp3) is 0.952. The largest absolute Gasteiger partial charge is 0.385 e. The second-order valence-electron chi connectivity index (χ2n) is 9.20. The highest BCUT2D eigenvalue weighted by Gasteiger charge is 2.35. The van der Waals surface area contributed by atoms with Crippen LogP contribution in [0.5, 0.6) is 0 Å². The van der Waals surface area contributed by atoms with Crippen LogP contribution in [0, 0.1) is 5.41 Å². The van der Waals surface area contributed by atoms with Crippen molar-refractivity contribution in [2.24, 2.45) is 10.4 Å². The van der Waals surface area contributed by atoms with Gasteiger partial charge in [-0.3, -0.25) is 9.89 Å². The lowest BCUT2D eigenvalue weighted by atomic mass is 9.83. The van der Waals surface area contributed by atoms with Crippen LogP contribution < -0.4 is 10.6 Å². The maximum atomic E-state index is 5.89. The van der Waals surface area contributed by atoms with Gasteiger partial charge >= 0.3 is 0 Å². The van der Waals surface area contributed by atoms with Crippen LogP contribution in [0.2, 0.25) is 0 Å². The van der Waals surface area contributed by atoms with Gasteiger partial charge in [-0.2, -0.15) is 0 Å². The zero-order valence-electron chi connectivity index (χ0n) is 18.4. The number of ether oxygens (including phenoxy) is 2. The third kappa shape index (κ3) is 6.61. The molecule has 2 N–H and O–H groups in total. The van der Waals surface area contributed by atoms with Gasteiger partial charge in [-0.25, -0.2) is 0 Å². The number of morpholine rings is 1. The molecule has 0 aromatic rings. The molecular weight excluding hydrogens is 340 g/mol. The SMILES string of the molecule is CN=C(NCC1(CCOC)CCCC1)NCC(C)(C)N1CC(C)OC(C)C1. The molecule has 0 amide bonds. The van der Waals surface area contributed by atoms with Crippen LogP contribution in [-0.4, -0.2) is 75.5 Å². The second-order valence-corrected chi connectivity index (χ2v) is 9.20. The van der Waals surface area contributed by atoms with E-state index >= 15 is 0 Å². The third-order valence-electron chi connectivity index (χ3n) is 6.32. The summed E-state index contributed by atoms with van der Waals surface area (Å²) in [6.45, 7) is 13.6. The maximum Gasteiger partial charge on any atom is 0.191 e. The fourth-order valence-electron chi connectivity index (χ4n) is 4.53. The van der Waals surface area contributed by atoms with Crippen molar-refractivity contribution in [2.75, 3.05) is 46.9 Å². The van der Waals surface area contributed by atoms with Crippen LogP contribution in [0.4, 0.5) is 0 Å². The number of hydrogen-bond acceptors (Lipinski definition) is 4. The topological polar surface area (TPSA) is 58.1 Å². The van der Waals surface area contributed by atoms with Gasteiger partial charge in [0.1, 0.15) is 0 Å². The quantitative estimate of drug-likeness (QED) is 0.499. The summed E-state index contributed by atoms with van der Waals surface area (Å²) in [7, 11) is 3.66. The minimum atomic E-state index is 0.0466. The molecule has 1 heterocycles. The first-order valence-electron chi connectivity index (χ1n) is 10.6. The lowest BCUT2D eigenvalue weighted by Crippen LogP contribution is -2.59. The highest BCUT2D eigenvalue weighted by Crippen LogP contribution is 2.40. The van der Waals surface area contributed by atoms with Gasteiger partial charge in [-0.05, 0) is 52.4 Å². The predicted molar refractivity (Wildman–Crippen MR) is 112 cm³/mol. The lowest BCUT2D eigenvalue weighted by molar-refractivity contribution is -0.0946. The Balaban J connectivity index is 1.85. The van der Waals surface area contributed by atoms with E-state index < -0.39 is 0 Å². The number of methoxy groups -OCH3 is 1. The second kappa shape index (κ2) is 10.1. The highest BCUT2D eigenvalue weighted by molar-refractivity contribution is 5.79. The number of guanidine groups is 1. The number of rotatable bonds is 8. The maximum absolute atomic E-state index is 5.89. The van der Waals surface area contributed by atoms with Gasteiger partial charge in [0.15, 0.2) is 5.96 Å². The summed E-state index contributed by atoms with van der Waals surface area (Å²) in [5.74, 6) is 0.904. The predicted octanol–water partition coefficient (Wildman–Crippen LogP) is 2.64. The van der Waals surface area contributed by atoms with Gasteiger partial charge in [-0.1, -0.05) is 12.8 Å². The zero-order chi connectivity index (χ0) is 19.9. The number of nitrogens with one attached hydrogen (secondary N) is 2. The van der Waals surface area contributed by atoms with Gasteiger partial charge < -0.3 is 20.1 Å². The lowest BCUT2D eigenvalue weighted by Gasteiger charge is -2.45. The Morgan fingerprint density at radius 2 is 1.81 bits per heavy atom. The van der Waals surface area contributed by atoms with E-state index in [0.717, 1.165) is 45.2 Å². The molecule has 158 valence electrons. The summed E-state index contributed by atoms with van der Waals surface area (Å²) in [6.07, 6.45) is 6.94. The monoisotopic (exact) mass is 382 g/mol. The Hall–Kier alpha value is -0.850. The summed E-state index contributed by atoms with van der Waals surface area (Å²) >= 11 is 0. The Labute approximate surface area is 166 Å². The molecule has 0 radical (unpaired) electrons. The molecule has 2 rings (SSSR count). The average Bonchev–Trinajstić information content (AvgIpc) is 3.08. The fourth-order valence-corrected chi connectivity index (χ4v) is 4.53. The first-order chi connectivity index (χ1) is 12.8. The number of aliphatic imine (C=N–C) groups is 1. The zero-order valence-corrected chi connectivity index (χ0v) is 18.4. The van der Waals surface area contributed by atoms with Crippen LogP contribution >= 0.6 is 0 Å². The molecule has 0 aromatic heterocycles. The van der Waals surface area contributed by atoms with Crippen molar-refractivity contribution < 1.29 is 9.47 Å². The minimum Gasteiger partial charge on any atom is -0.385 e. The van der Waals surface area contributed by atoms with Gasteiger partial charge in [0.05, 0.1) is 12.2 Å². The van der Waals surface area contributed by atoms with Crippen molar-refractivity contribution in [1.29, 1.82) is 0 Å². The van der Waals surface area contributed by atoms with E-state index in [1.54, 1.807) is 7.11 Å². The van der Waals surface area contributed by atoms with E-state index in [4.69, 9.17) is 9.47 Å². The molecule has 2 atom stereocenters. The Kier molecular flexibility index (Phi) is 8.38. The van der Waals surface area contributed by atoms with E-state index in [1.807, 2.05) is 7.05 Å². The molecule has 2 unspecified atom stereocenters. The van der Waals surface area contributed by atoms with E-state index in [1.165, 1.54) is 25.7 Å². The Morgan fingerprint density at radius 3 is 2.37 bits per heavy atom. The third-order valence-corrected chi connectivity index (χ3v) is 6.32. The average molecular weight is 383 g/mol. The molecule has 27 heavy (non-hydrogen) atoms. The molecule has 0 spiro atoms. The van der Waals surface area contributed by atoms with Crippen molar-refractivity contribution in [2.45, 2.75) is 77.5 Å². The van der Waals surface area contributed by atoms with Gasteiger partial charge in [0.2, 0.25) is 0 Å². The Bertz CT molecular complexity index is 465. The molecule has 1 aliphatic heterocycles. The van der Waals surface area contributed by atoms with Crippen LogP contribution in [0.1, 0.15) is 59.8 Å². The van der Waals surface area contributed by atoms with Crippen LogP contribution in [-0.2, 0) is 9.47 Å². The van der Waals surface area contributed by atoms with Gasteiger partial charge in [0.25, 0.3) is 0 Å². The molecule has 0 bridgehead atoms. The van der Waals surface area contributed by atoms with E-state index in [2.05, 4.69) is 48.2 Å². The molecule has 2 aliphatic rings. The van der Waals surface area contributed by atoms with Gasteiger partial charge in [0, 0.05) is 52.5 Å². The summed E-state index contributed by atoms with van der Waals surface area (Å²) in [6, 6.07) is 0. The minimum absolute atomic E-state index is 0.0466. The normalized spacial score (nSPS) is 27.0. The van der Waals surface area contributed by atoms with Crippen LogP contribution in [0.25, 0.3) is 0 Å². The van der Waals surface area contributed by atoms with E-state index in [-0.39, 0.29) is 17.7 Å². The molecule has 6 nitrogen and oxygen atoms in total. The molecule has 1 aliphatic carbocycles. The molecule has 6 heteroatoms. The van der Waals surface area contributed by atoms with Crippen molar-refractivity contribution >= 4 is 5.96 Å². The first kappa shape index (κ1) is 22.4. The summed E-state index contributed by atoms with van der Waals surface area (Å²) in [5, 5.41) is 7.15. The highest BCUT2D eigenvalue weighted by atomic mass is 16.5. The molecule has 1 saturated carbocycles. The summed E-state index contributed by atoms with van der Waals surface area (Å²) in [5.41, 5.74) is 0.406. The molecule has 1 saturated heterocycles. The molecular formula is C21H42N4O2. The molecule has 2 fully saturated rings.